The second-order valence-electron chi connectivity index (χ2n) is 7.36. The zero-order chi connectivity index (χ0) is 20.1. The van der Waals surface area contributed by atoms with Crippen molar-refractivity contribution < 1.29 is 9.59 Å². The molecule has 28 heavy (non-hydrogen) atoms. The van der Waals surface area contributed by atoms with Crippen LogP contribution in [0, 0.1) is 0 Å². The molecule has 2 heterocycles. The average Bonchev–Trinajstić information content (AvgIpc) is 2.94. The molecule has 2 aliphatic rings. The van der Waals surface area contributed by atoms with Crippen molar-refractivity contribution in [2.45, 2.75) is 37.6 Å². The molecule has 2 N–H and O–H groups in total. The van der Waals surface area contributed by atoms with Gasteiger partial charge in [0.05, 0.1) is 6.04 Å². The lowest BCUT2D eigenvalue weighted by Gasteiger charge is -2.46. The van der Waals surface area contributed by atoms with Gasteiger partial charge in [0.25, 0.3) is 0 Å². The van der Waals surface area contributed by atoms with E-state index >= 15 is 0 Å². The molecule has 1 saturated heterocycles. The Balaban J connectivity index is 2.02. The Morgan fingerprint density at radius 1 is 1.14 bits per heavy atom. The minimum atomic E-state index is -0.977. The Labute approximate surface area is 173 Å². The van der Waals surface area contributed by atoms with E-state index in [0.29, 0.717) is 15.7 Å². The smallest absolute Gasteiger partial charge is 0.238 e. The minimum Gasteiger partial charge on any atom is -0.348 e. The lowest BCUT2D eigenvalue weighted by atomic mass is 9.59. The molecule has 2 aromatic rings. The topological polar surface area (TPSA) is 58.2 Å². The molecule has 0 saturated carbocycles. The molecule has 4 rings (SSSR count). The molecular formula is C22H20Cl2N2O2. The van der Waals surface area contributed by atoms with Gasteiger partial charge in [0.15, 0.2) is 0 Å². The van der Waals surface area contributed by atoms with E-state index in [2.05, 4.69) is 10.6 Å². The lowest BCUT2D eigenvalue weighted by molar-refractivity contribution is -0.130. The highest BCUT2D eigenvalue weighted by atomic mass is 35.5. The summed E-state index contributed by atoms with van der Waals surface area (Å²) in [5.74, 6) is -0.583. The molecule has 0 radical (unpaired) electrons. The second-order valence-corrected chi connectivity index (χ2v) is 8.23. The van der Waals surface area contributed by atoms with Crippen LogP contribution < -0.4 is 10.6 Å². The van der Waals surface area contributed by atoms with Crippen molar-refractivity contribution in [2.24, 2.45) is 0 Å². The second kappa shape index (κ2) is 6.94. The first kappa shape index (κ1) is 19.0. The third-order valence-corrected chi connectivity index (χ3v) is 6.38. The van der Waals surface area contributed by atoms with Crippen LogP contribution in [0.15, 0.2) is 54.1 Å². The molecule has 4 nitrogen and oxygen atoms in total. The van der Waals surface area contributed by atoms with Crippen LogP contribution in [0.25, 0.3) is 0 Å². The van der Waals surface area contributed by atoms with E-state index in [1.807, 2.05) is 44.2 Å². The summed E-state index contributed by atoms with van der Waals surface area (Å²) in [4.78, 5) is 26.2. The molecule has 1 fully saturated rings. The largest absolute Gasteiger partial charge is 0.348 e. The van der Waals surface area contributed by atoms with E-state index in [9.17, 15) is 9.59 Å². The molecule has 0 unspecified atom stereocenters. The predicted molar refractivity (Wildman–Crippen MR) is 112 cm³/mol. The van der Waals surface area contributed by atoms with Crippen LogP contribution in [0.1, 0.15) is 37.3 Å². The maximum Gasteiger partial charge on any atom is 0.238 e. The summed E-state index contributed by atoms with van der Waals surface area (Å²) >= 11 is 12.4. The number of amides is 2. The lowest BCUT2D eigenvalue weighted by Crippen LogP contribution is -2.62. The minimum absolute atomic E-state index is 0.0861. The fourth-order valence-corrected chi connectivity index (χ4v) is 4.96. The number of piperidine rings is 1. The summed E-state index contributed by atoms with van der Waals surface area (Å²) in [6.07, 6.45) is 2.14. The summed E-state index contributed by atoms with van der Waals surface area (Å²) in [7, 11) is 0. The van der Waals surface area contributed by atoms with Gasteiger partial charge in [-0.15, -0.1) is 0 Å². The van der Waals surface area contributed by atoms with Crippen molar-refractivity contribution in [2.75, 3.05) is 5.32 Å². The number of carbonyl (C=O) groups excluding carboxylic acids is 2. The molecule has 1 spiro atoms. The first-order valence-corrected chi connectivity index (χ1v) is 9.92. The van der Waals surface area contributed by atoms with E-state index in [4.69, 9.17) is 23.2 Å². The predicted octanol–water partition coefficient (Wildman–Crippen LogP) is 4.82. The molecule has 0 aliphatic carbocycles. The van der Waals surface area contributed by atoms with Gasteiger partial charge in [-0.2, -0.15) is 0 Å². The van der Waals surface area contributed by atoms with Gasteiger partial charge in [-0.05, 0) is 49.2 Å². The number of nitrogens with one attached hydrogen (secondary N) is 2. The monoisotopic (exact) mass is 414 g/mol. The number of benzene rings is 2. The standard InChI is InChI=1S/C22H20Cl2N2O2/c1-3-12(2)20-22(16-8-7-15(24)10-18(16)25-21(22)28)17(11-19(27)26-20)13-5-4-6-14(23)9-13/h3-10,17,20H,11H2,1-2H3,(H,25,28)(H,26,27)/t17-,20+,22-/m0/s1. The molecule has 2 amide bonds. The van der Waals surface area contributed by atoms with Crippen molar-refractivity contribution in [3.05, 3.63) is 75.3 Å². The van der Waals surface area contributed by atoms with Gasteiger partial charge in [-0.25, -0.2) is 0 Å². The summed E-state index contributed by atoms with van der Waals surface area (Å²) < 4.78 is 0. The summed E-state index contributed by atoms with van der Waals surface area (Å²) in [5.41, 5.74) is 2.36. The summed E-state index contributed by atoms with van der Waals surface area (Å²) in [6, 6.07) is 12.4. The third-order valence-electron chi connectivity index (χ3n) is 5.91. The number of fused-ring (bicyclic) bond motifs is 2. The highest BCUT2D eigenvalue weighted by molar-refractivity contribution is 6.31. The number of anilines is 1. The van der Waals surface area contributed by atoms with Crippen LogP contribution >= 0.6 is 23.2 Å². The molecule has 0 bridgehead atoms. The van der Waals surface area contributed by atoms with E-state index in [1.54, 1.807) is 18.2 Å². The fraction of sp³-hybridized carbons (Fsp3) is 0.273. The van der Waals surface area contributed by atoms with E-state index in [0.717, 1.165) is 16.7 Å². The van der Waals surface area contributed by atoms with Crippen LogP contribution in [-0.4, -0.2) is 17.9 Å². The number of halogens is 2. The molecule has 0 aromatic heterocycles. The number of rotatable bonds is 2. The van der Waals surface area contributed by atoms with Crippen LogP contribution in [0.3, 0.4) is 0 Å². The Kier molecular flexibility index (Phi) is 4.72. The van der Waals surface area contributed by atoms with Gasteiger partial charge >= 0.3 is 0 Å². The van der Waals surface area contributed by atoms with Gasteiger partial charge < -0.3 is 10.6 Å². The maximum atomic E-state index is 13.6. The zero-order valence-corrected chi connectivity index (χ0v) is 17.1. The van der Waals surface area contributed by atoms with Crippen LogP contribution in [0.4, 0.5) is 5.69 Å². The van der Waals surface area contributed by atoms with Gasteiger partial charge in [-0.3, -0.25) is 9.59 Å². The van der Waals surface area contributed by atoms with Crippen molar-refractivity contribution >= 4 is 40.7 Å². The quantitative estimate of drug-likeness (QED) is 0.691. The Hall–Kier alpha value is -2.30. The SMILES string of the molecule is CC=C(C)[C@H]1NC(=O)C[C@@H](c2cccc(Cl)c2)[C@]12C(=O)Nc1cc(Cl)ccc12. The highest BCUT2D eigenvalue weighted by Crippen LogP contribution is 2.54. The van der Waals surface area contributed by atoms with Crippen LogP contribution in [0.2, 0.25) is 10.0 Å². The van der Waals surface area contributed by atoms with Gasteiger partial charge in [0.2, 0.25) is 11.8 Å². The first-order valence-electron chi connectivity index (χ1n) is 9.17. The van der Waals surface area contributed by atoms with Crippen LogP contribution in [-0.2, 0) is 15.0 Å². The molecule has 144 valence electrons. The third kappa shape index (κ3) is 2.75. The van der Waals surface area contributed by atoms with Crippen LogP contribution in [0.5, 0.6) is 0 Å². The van der Waals surface area contributed by atoms with E-state index in [-0.39, 0.29) is 24.2 Å². The number of hydrogen-bond donors (Lipinski definition) is 2. The molecular weight excluding hydrogens is 395 g/mol. The van der Waals surface area contributed by atoms with Gasteiger partial charge in [-0.1, -0.05) is 53.1 Å². The number of carbonyl (C=O) groups is 2. The summed E-state index contributed by atoms with van der Waals surface area (Å²) in [5, 5.41) is 7.20. The van der Waals surface area contributed by atoms with Crippen molar-refractivity contribution in [1.29, 1.82) is 0 Å². The van der Waals surface area contributed by atoms with E-state index < -0.39 is 11.5 Å². The van der Waals surface area contributed by atoms with Crippen molar-refractivity contribution in [1.82, 2.24) is 5.32 Å². The Bertz CT molecular complexity index is 1020. The van der Waals surface area contributed by atoms with Crippen molar-refractivity contribution in [3.8, 4) is 0 Å². The highest BCUT2D eigenvalue weighted by Gasteiger charge is 2.60. The first-order chi connectivity index (χ1) is 13.4. The maximum absolute atomic E-state index is 13.6. The number of hydrogen-bond acceptors (Lipinski definition) is 2. The molecule has 3 atom stereocenters. The molecule has 6 heteroatoms. The summed E-state index contributed by atoms with van der Waals surface area (Å²) in [6.45, 7) is 3.85. The Morgan fingerprint density at radius 2 is 1.89 bits per heavy atom. The Morgan fingerprint density at radius 3 is 2.61 bits per heavy atom. The number of allylic oxidation sites excluding steroid dienone is 1. The van der Waals surface area contributed by atoms with Gasteiger partial charge in [0, 0.05) is 28.1 Å². The van der Waals surface area contributed by atoms with E-state index in [1.165, 1.54) is 0 Å². The van der Waals surface area contributed by atoms with Crippen molar-refractivity contribution in [3.63, 3.8) is 0 Å². The fourth-order valence-electron chi connectivity index (χ4n) is 4.59. The zero-order valence-electron chi connectivity index (χ0n) is 15.6. The normalized spacial score (nSPS) is 26.8. The van der Waals surface area contributed by atoms with Gasteiger partial charge in [0.1, 0.15) is 5.41 Å². The average molecular weight is 415 g/mol. The molecule has 2 aliphatic heterocycles. The molecule has 2 aromatic carbocycles.